The van der Waals surface area contributed by atoms with Crippen molar-refractivity contribution in [3.05, 3.63) is 71.8 Å². The molecule has 0 aliphatic heterocycles. The number of aromatic nitrogens is 1. The Morgan fingerprint density at radius 1 is 1.10 bits per heavy atom. The minimum Gasteiger partial charge on any atom is -0.495 e. The van der Waals surface area contributed by atoms with Gasteiger partial charge in [-0.1, -0.05) is 23.7 Å². The second-order valence-corrected chi connectivity index (χ2v) is 7.66. The Hall–Kier alpha value is -3.09. The topological polar surface area (TPSA) is 60.5 Å². The average Bonchev–Trinajstić information content (AvgIpc) is 3.17. The zero-order valence-electron chi connectivity index (χ0n) is 15.5. The molecule has 0 saturated heterocycles. The van der Waals surface area contributed by atoms with E-state index in [-0.39, 0.29) is 12.5 Å². The molecule has 0 aliphatic rings. The molecule has 4 rings (SSSR count). The Morgan fingerprint density at radius 3 is 2.66 bits per heavy atom. The van der Waals surface area contributed by atoms with Crippen LogP contribution in [0.25, 0.3) is 20.8 Å². The van der Waals surface area contributed by atoms with Gasteiger partial charge in [-0.05, 0) is 54.6 Å². The summed E-state index contributed by atoms with van der Waals surface area (Å²) in [6, 6.07) is 20.4. The molecule has 29 heavy (non-hydrogen) atoms. The molecule has 0 unspecified atom stereocenters. The quantitative estimate of drug-likeness (QED) is 0.435. The maximum Gasteiger partial charge on any atom is 0.262 e. The molecule has 0 fully saturated rings. The van der Waals surface area contributed by atoms with Crippen molar-refractivity contribution in [1.82, 2.24) is 4.98 Å². The van der Waals surface area contributed by atoms with Crippen molar-refractivity contribution in [2.24, 2.45) is 0 Å². The summed E-state index contributed by atoms with van der Waals surface area (Å²) in [6.45, 7) is -0.129. The summed E-state index contributed by atoms with van der Waals surface area (Å²) in [5.41, 5.74) is 2.42. The van der Waals surface area contributed by atoms with E-state index in [1.54, 1.807) is 42.7 Å². The van der Waals surface area contributed by atoms with Gasteiger partial charge in [-0.25, -0.2) is 4.98 Å². The zero-order valence-corrected chi connectivity index (χ0v) is 17.1. The highest BCUT2D eigenvalue weighted by atomic mass is 35.5. The number of benzene rings is 3. The third kappa shape index (κ3) is 4.50. The predicted molar refractivity (Wildman–Crippen MR) is 117 cm³/mol. The molecule has 5 nitrogen and oxygen atoms in total. The molecule has 1 N–H and O–H groups in total. The van der Waals surface area contributed by atoms with Crippen molar-refractivity contribution >= 4 is 44.7 Å². The summed E-state index contributed by atoms with van der Waals surface area (Å²) in [4.78, 5) is 17.1. The van der Waals surface area contributed by atoms with E-state index in [1.807, 2.05) is 42.5 Å². The number of hydrogen-bond donors (Lipinski definition) is 1. The number of para-hydroxylation sites is 1. The van der Waals surface area contributed by atoms with Crippen molar-refractivity contribution in [1.29, 1.82) is 0 Å². The van der Waals surface area contributed by atoms with E-state index in [9.17, 15) is 4.79 Å². The number of anilines is 1. The van der Waals surface area contributed by atoms with Gasteiger partial charge in [0.25, 0.3) is 5.91 Å². The first-order chi connectivity index (χ1) is 14.1. The van der Waals surface area contributed by atoms with Gasteiger partial charge in [0.1, 0.15) is 16.5 Å². The van der Waals surface area contributed by atoms with Crippen LogP contribution in [0.1, 0.15) is 0 Å². The normalized spacial score (nSPS) is 10.7. The number of rotatable bonds is 6. The standard InChI is InChI=1S/C22H17ClN2O3S/c1-27-19-11-6-14(22-25-17-4-2-3-5-20(17)29-22)12-18(19)24-21(26)13-28-16-9-7-15(23)8-10-16/h2-12H,13H2,1H3,(H,24,26). The van der Waals surface area contributed by atoms with Crippen LogP contribution in [0.15, 0.2) is 66.7 Å². The van der Waals surface area contributed by atoms with Gasteiger partial charge in [0.2, 0.25) is 0 Å². The molecule has 7 heteroatoms. The van der Waals surface area contributed by atoms with Crippen LogP contribution < -0.4 is 14.8 Å². The van der Waals surface area contributed by atoms with Gasteiger partial charge in [0.15, 0.2) is 6.61 Å². The van der Waals surface area contributed by atoms with Gasteiger partial charge in [0, 0.05) is 10.6 Å². The summed E-state index contributed by atoms with van der Waals surface area (Å²) < 4.78 is 12.0. The minimum absolute atomic E-state index is 0.129. The molecule has 0 bridgehead atoms. The zero-order chi connectivity index (χ0) is 20.2. The average molecular weight is 425 g/mol. The van der Waals surface area contributed by atoms with Crippen molar-refractivity contribution in [2.45, 2.75) is 0 Å². The number of carbonyl (C=O) groups excluding carboxylic acids is 1. The van der Waals surface area contributed by atoms with E-state index in [2.05, 4.69) is 10.3 Å². The highest BCUT2D eigenvalue weighted by Gasteiger charge is 2.13. The third-order valence-corrected chi connectivity index (χ3v) is 5.54. The fourth-order valence-electron chi connectivity index (χ4n) is 2.80. The maximum atomic E-state index is 12.4. The molecule has 0 spiro atoms. The molecule has 3 aromatic carbocycles. The van der Waals surface area contributed by atoms with E-state index in [4.69, 9.17) is 21.1 Å². The lowest BCUT2D eigenvalue weighted by Crippen LogP contribution is -2.20. The van der Waals surface area contributed by atoms with Gasteiger partial charge in [-0.3, -0.25) is 4.79 Å². The lowest BCUT2D eigenvalue weighted by molar-refractivity contribution is -0.118. The van der Waals surface area contributed by atoms with Gasteiger partial charge in [-0.2, -0.15) is 0 Å². The molecule has 4 aromatic rings. The fourth-order valence-corrected chi connectivity index (χ4v) is 3.89. The molecule has 1 aromatic heterocycles. The highest BCUT2D eigenvalue weighted by Crippen LogP contribution is 2.34. The number of ether oxygens (including phenoxy) is 2. The van der Waals surface area contributed by atoms with E-state index < -0.39 is 0 Å². The first kappa shape index (κ1) is 19.2. The van der Waals surface area contributed by atoms with Crippen LogP contribution >= 0.6 is 22.9 Å². The maximum absolute atomic E-state index is 12.4. The Kier molecular flexibility index (Phi) is 5.64. The number of nitrogens with one attached hydrogen (secondary N) is 1. The molecule has 1 heterocycles. The van der Waals surface area contributed by atoms with Crippen LogP contribution in [-0.2, 0) is 4.79 Å². The van der Waals surface area contributed by atoms with Crippen LogP contribution in [0.5, 0.6) is 11.5 Å². The van der Waals surface area contributed by atoms with Crippen LogP contribution in [-0.4, -0.2) is 24.6 Å². The second kappa shape index (κ2) is 8.51. The number of amides is 1. The second-order valence-electron chi connectivity index (χ2n) is 6.19. The van der Waals surface area contributed by atoms with Gasteiger partial charge in [0.05, 0.1) is 23.0 Å². The van der Waals surface area contributed by atoms with Gasteiger partial charge >= 0.3 is 0 Å². The molecule has 0 saturated carbocycles. The van der Waals surface area contributed by atoms with Crippen LogP contribution in [0.3, 0.4) is 0 Å². The number of carbonyl (C=O) groups is 1. The third-order valence-electron chi connectivity index (χ3n) is 4.20. The number of nitrogens with zero attached hydrogens (tertiary/aromatic N) is 1. The van der Waals surface area contributed by atoms with E-state index in [1.165, 1.54) is 0 Å². The first-order valence-electron chi connectivity index (χ1n) is 8.84. The SMILES string of the molecule is COc1ccc(-c2nc3ccccc3s2)cc1NC(=O)COc1ccc(Cl)cc1. The molecular formula is C22H17ClN2O3S. The summed E-state index contributed by atoms with van der Waals surface area (Å²) in [6.07, 6.45) is 0. The van der Waals surface area contributed by atoms with Gasteiger partial charge < -0.3 is 14.8 Å². The van der Waals surface area contributed by atoms with Gasteiger partial charge in [-0.15, -0.1) is 11.3 Å². The Morgan fingerprint density at radius 2 is 1.90 bits per heavy atom. The summed E-state index contributed by atoms with van der Waals surface area (Å²) in [5.74, 6) is 0.842. The van der Waals surface area contributed by atoms with E-state index in [0.717, 1.165) is 20.8 Å². The largest absolute Gasteiger partial charge is 0.495 e. The highest BCUT2D eigenvalue weighted by molar-refractivity contribution is 7.21. The monoisotopic (exact) mass is 424 g/mol. The first-order valence-corrected chi connectivity index (χ1v) is 10.0. The lowest BCUT2D eigenvalue weighted by atomic mass is 10.2. The smallest absolute Gasteiger partial charge is 0.262 e. The van der Waals surface area contributed by atoms with Crippen molar-refractivity contribution in [3.63, 3.8) is 0 Å². The number of hydrogen-bond acceptors (Lipinski definition) is 5. The molecular weight excluding hydrogens is 408 g/mol. The number of fused-ring (bicyclic) bond motifs is 1. The Bertz CT molecular complexity index is 1130. The number of halogens is 1. The molecule has 0 atom stereocenters. The minimum atomic E-state index is -0.292. The predicted octanol–water partition coefficient (Wildman–Crippen LogP) is 5.64. The fraction of sp³-hybridized carbons (Fsp3) is 0.0909. The Balaban J connectivity index is 1.51. The molecule has 0 radical (unpaired) electrons. The van der Waals surface area contributed by atoms with Crippen LogP contribution in [0.4, 0.5) is 5.69 Å². The van der Waals surface area contributed by atoms with Crippen LogP contribution in [0, 0.1) is 0 Å². The number of methoxy groups -OCH3 is 1. The van der Waals surface area contributed by atoms with Crippen molar-refractivity contribution in [3.8, 4) is 22.1 Å². The number of thiazole rings is 1. The van der Waals surface area contributed by atoms with Crippen LogP contribution in [0.2, 0.25) is 5.02 Å². The van der Waals surface area contributed by atoms with Crippen molar-refractivity contribution in [2.75, 3.05) is 19.0 Å². The summed E-state index contributed by atoms with van der Waals surface area (Å²) >= 11 is 7.45. The summed E-state index contributed by atoms with van der Waals surface area (Å²) in [5, 5.41) is 4.33. The van der Waals surface area contributed by atoms with Crippen molar-refractivity contribution < 1.29 is 14.3 Å². The Labute approximate surface area is 176 Å². The van der Waals surface area contributed by atoms with E-state index in [0.29, 0.717) is 22.2 Å². The molecule has 0 aliphatic carbocycles. The van der Waals surface area contributed by atoms with E-state index >= 15 is 0 Å². The lowest BCUT2D eigenvalue weighted by Gasteiger charge is -2.12. The molecule has 1 amide bonds. The molecule has 146 valence electrons. The summed E-state index contributed by atoms with van der Waals surface area (Å²) in [7, 11) is 1.56.